The Balaban J connectivity index is 2.27. The van der Waals surface area contributed by atoms with Crippen LogP contribution in [0.25, 0.3) is 0 Å². The SMILES string of the molecule is CN1C(=O)CN(C(=O)OC(C)(C)C)C1c1ccccc1. The van der Waals surface area contributed by atoms with Gasteiger partial charge in [-0.2, -0.15) is 0 Å². The summed E-state index contributed by atoms with van der Waals surface area (Å²) >= 11 is 0. The molecule has 1 aliphatic heterocycles. The van der Waals surface area contributed by atoms with E-state index in [-0.39, 0.29) is 12.5 Å². The smallest absolute Gasteiger partial charge is 0.412 e. The van der Waals surface area contributed by atoms with Gasteiger partial charge in [-0.3, -0.25) is 9.69 Å². The van der Waals surface area contributed by atoms with Crippen molar-refractivity contribution in [3.63, 3.8) is 0 Å². The van der Waals surface area contributed by atoms with E-state index in [9.17, 15) is 9.59 Å². The van der Waals surface area contributed by atoms with Crippen molar-refractivity contribution in [2.45, 2.75) is 32.5 Å². The van der Waals surface area contributed by atoms with Crippen LogP contribution >= 0.6 is 0 Å². The van der Waals surface area contributed by atoms with E-state index in [2.05, 4.69) is 0 Å². The summed E-state index contributed by atoms with van der Waals surface area (Å²) < 4.78 is 5.38. The molecule has 1 saturated heterocycles. The van der Waals surface area contributed by atoms with Gasteiger partial charge in [-0.15, -0.1) is 0 Å². The largest absolute Gasteiger partial charge is 0.444 e. The fourth-order valence-corrected chi connectivity index (χ4v) is 2.20. The summed E-state index contributed by atoms with van der Waals surface area (Å²) in [5.41, 5.74) is 0.314. The first-order valence-electron chi connectivity index (χ1n) is 6.60. The number of hydrogen-bond acceptors (Lipinski definition) is 3. The zero-order chi connectivity index (χ0) is 14.9. The third-order valence-corrected chi connectivity index (χ3v) is 3.09. The molecule has 1 aliphatic rings. The number of likely N-dealkylation sites (N-methyl/N-ethyl adjacent to an activating group) is 1. The van der Waals surface area contributed by atoms with Crippen LogP contribution < -0.4 is 0 Å². The lowest BCUT2D eigenvalue weighted by Crippen LogP contribution is -2.38. The highest BCUT2D eigenvalue weighted by molar-refractivity contribution is 5.86. The van der Waals surface area contributed by atoms with Gasteiger partial charge in [-0.05, 0) is 26.3 Å². The summed E-state index contributed by atoms with van der Waals surface area (Å²) in [5, 5.41) is 0. The molecule has 5 heteroatoms. The molecule has 2 amide bonds. The number of carbonyl (C=O) groups is 2. The molecule has 0 aliphatic carbocycles. The molecular formula is C15H20N2O3. The van der Waals surface area contributed by atoms with Gasteiger partial charge in [0.2, 0.25) is 5.91 Å². The molecule has 0 radical (unpaired) electrons. The van der Waals surface area contributed by atoms with Crippen LogP contribution in [0, 0.1) is 0 Å². The maximum Gasteiger partial charge on any atom is 0.412 e. The van der Waals surface area contributed by atoms with Crippen molar-refractivity contribution in [1.29, 1.82) is 0 Å². The Morgan fingerprint density at radius 1 is 1.25 bits per heavy atom. The second kappa shape index (κ2) is 5.15. The Kier molecular flexibility index (Phi) is 3.70. The molecule has 0 bridgehead atoms. The fourth-order valence-electron chi connectivity index (χ4n) is 2.20. The van der Waals surface area contributed by atoms with E-state index in [0.29, 0.717) is 0 Å². The number of rotatable bonds is 1. The second-order valence-electron chi connectivity index (χ2n) is 5.90. The number of amides is 2. The second-order valence-corrected chi connectivity index (χ2v) is 5.90. The molecule has 1 aromatic rings. The van der Waals surface area contributed by atoms with E-state index in [1.165, 1.54) is 4.90 Å². The van der Waals surface area contributed by atoms with Crippen LogP contribution in [0.4, 0.5) is 4.79 Å². The standard InChI is InChI=1S/C15H20N2O3/c1-15(2,3)20-14(19)17-10-12(18)16(4)13(17)11-8-6-5-7-9-11/h5-9,13H,10H2,1-4H3. The number of ether oxygens (including phenoxy) is 1. The Morgan fingerprint density at radius 3 is 2.40 bits per heavy atom. The Morgan fingerprint density at radius 2 is 1.85 bits per heavy atom. The van der Waals surface area contributed by atoms with Gasteiger partial charge in [0.1, 0.15) is 18.3 Å². The minimum Gasteiger partial charge on any atom is -0.444 e. The van der Waals surface area contributed by atoms with Gasteiger partial charge in [0, 0.05) is 7.05 Å². The number of benzene rings is 1. The van der Waals surface area contributed by atoms with Crippen molar-refractivity contribution in [3.05, 3.63) is 35.9 Å². The van der Waals surface area contributed by atoms with Gasteiger partial charge in [0.05, 0.1) is 0 Å². The molecule has 1 aromatic carbocycles. The average Bonchev–Trinajstić information content (AvgIpc) is 2.65. The molecule has 2 rings (SSSR count). The van der Waals surface area contributed by atoms with E-state index < -0.39 is 17.9 Å². The van der Waals surface area contributed by atoms with Crippen molar-refractivity contribution in [2.75, 3.05) is 13.6 Å². The monoisotopic (exact) mass is 276 g/mol. The van der Waals surface area contributed by atoms with Crippen molar-refractivity contribution >= 4 is 12.0 Å². The molecule has 1 unspecified atom stereocenters. The normalized spacial score (nSPS) is 19.4. The summed E-state index contributed by atoms with van der Waals surface area (Å²) in [6.45, 7) is 5.48. The fraction of sp³-hybridized carbons (Fsp3) is 0.467. The molecule has 0 spiro atoms. The summed E-state index contributed by atoms with van der Waals surface area (Å²) in [6.07, 6.45) is -0.873. The number of nitrogens with zero attached hydrogens (tertiary/aromatic N) is 2. The lowest BCUT2D eigenvalue weighted by molar-refractivity contribution is -0.126. The van der Waals surface area contributed by atoms with Gasteiger partial charge >= 0.3 is 6.09 Å². The molecule has 0 N–H and O–H groups in total. The van der Waals surface area contributed by atoms with Crippen molar-refractivity contribution < 1.29 is 14.3 Å². The van der Waals surface area contributed by atoms with Crippen LogP contribution in [0.15, 0.2) is 30.3 Å². The lowest BCUT2D eigenvalue weighted by Gasteiger charge is -2.30. The van der Waals surface area contributed by atoms with Crippen LogP contribution in [0.1, 0.15) is 32.5 Å². The molecule has 1 fully saturated rings. The molecule has 1 atom stereocenters. The predicted octanol–water partition coefficient (Wildman–Crippen LogP) is 2.39. The topological polar surface area (TPSA) is 49.9 Å². The Labute approximate surface area is 119 Å². The summed E-state index contributed by atoms with van der Waals surface area (Å²) in [7, 11) is 1.70. The van der Waals surface area contributed by atoms with Crippen LogP contribution in [-0.2, 0) is 9.53 Å². The van der Waals surface area contributed by atoms with Crippen LogP contribution in [0.2, 0.25) is 0 Å². The Bertz CT molecular complexity index is 508. The first-order chi connectivity index (χ1) is 9.29. The van der Waals surface area contributed by atoms with Crippen molar-refractivity contribution in [1.82, 2.24) is 9.80 Å². The van der Waals surface area contributed by atoms with E-state index in [0.717, 1.165) is 5.56 Å². The molecule has 108 valence electrons. The molecular weight excluding hydrogens is 256 g/mol. The predicted molar refractivity (Wildman–Crippen MR) is 74.9 cm³/mol. The summed E-state index contributed by atoms with van der Waals surface area (Å²) in [4.78, 5) is 27.2. The van der Waals surface area contributed by atoms with Gasteiger partial charge in [-0.25, -0.2) is 4.79 Å². The third kappa shape index (κ3) is 2.92. The van der Waals surface area contributed by atoms with Crippen LogP contribution in [0.3, 0.4) is 0 Å². The summed E-state index contributed by atoms with van der Waals surface area (Å²) in [5.74, 6) is -0.0929. The van der Waals surface area contributed by atoms with Crippen molar-refractivity contribution in [3.8, 4) is 0 Å². The highest BCUT2D eigenvalue weighted by Gasteiger charge is 2.41. The first kappa shape index (κ1) is 14.4. The van der Waals surface area contributed by atoms with Crippen LogP contribution in [0.5, 0.6) is 0 Å². The van der Waals surface area contributed by atoms with Gasteiger partial charge in [-0.1, -0.05) is 30.3 Å². The summed E-state index contributed by atoms with van der Waals surface area (Å²) in [6, 6.07) is 9.48. The van der Waals surface area contributed by atoms with Crippen LogP contribution in [-0.4, -0.2) is 41.0 Å². The molecule has 20 heavy (non-hydrogen) atoms. The van der Waals surface area contributed by atoms with E-state index >= 15 is 0 Å². The van der Waals surface area contributed by atoms with Gasteiger partial charge in [0.25, 0.3) is 0 Å². The molecule has 0 aromatic heterocycles. The zero-order valence-corrected chi connectivity index (χ0v) is 12.3. The molecule has 5 nitrogen and oxygen atoms in total. The maximum atomic E-state index is 12.3. The van der Waals surface area contributed by atoms with E-state index in [1.807, 2.05) is 51.1 Å². The quantitative estimate of drug-likeness (QED) is 0.791. The molecule has 1 heterocycles. The average molecular weight is 276 g/mol. The minimum atomic E-state index is -0.581. The Hall–Kier alpha value is -2.04. The zero-order valence-electron chi connectivity index (χ0n) is 12.3. The third-order valence-electron chi connectivity index (χ3n) is 3.09. The first-order valence-corrected chi connectivity index (χ1v) is 6.60. The maximum absolute atomic E-state index is 12.3. The van der Waals surface area contributed by atoms with Gasteiger partial charge < -0.3 is 9.64 Å². The number of hydrogen-bond donors (Lipinski definition) is 0. The van der Waals surface area contributed by atoms with Gasteiger partial charge in [0.15, 0.2) is 0 Å². The highest BCUT2D eigenvalue weighted by Crippen LogP contribution is 2.30. The molecule has 0 saturated carbocycles. The number of carbonyl (C=O) groups excluding carboxylic acids is 2. The highest BCUT2D eigenvalue weighted by atomic mass is 16.6. The minimum absolute atomic E-state index is 0.0466. The van der Waals surface area contributed by atoms with E-state index in [4.69, 9.17) is 4.74 Å². The van der Waals surface area contributed by atoms with Crippen molar-refractivity contribution in [2.24, 2.45) is 0 Å². The lowest BCUT2D eigenvalue weighted by atomic mass is 10.1. The van der Waals surface area contributed by atoms with E-state index in [1.54, 1.807) is 11.9 Å².